The van der Waals surface area contributed by atoms with Crippen LogP contribution in [-0.4, -0.2) is 24.1 Å². The van der Waals surface area contributed by atoms with E-state index in [0.717, 1.165) is 12.8 Å². The van der Waals surface area contributed by atoms with Gasteiger partial charge in [-0.25, -0.2) is 4.79 Å². The minimum Gasteiger partial charge on any atom is -0.458 e. The topological polar surface area (TPSA) is 52.6 Å². The Labute approximate surface area is 171 Å². The van der Waals surface area contributed by atoms with Crippen molar-refractivity contribution in [2.75, 3.05) is 0 Å². The smallest absolute Gasteiger partial charge is 0.338 e. The molecule has 0 aliphatic heterocycles. The summed E-state index contributed by atoms with van der Waals surface area (Å²) in [5, 5.41) is 0. The van der Waals surface area contributed by atoms with Gasteiger partial charge in [-0.3, -0.25) is 4.79 Å². The van der Waals surface area contributed by atoms with E-state index in [4.69, 9.17) is 9.47 Å². The van der Waals surface area contributed by atoms with Crippen LogP contribution in [0.3, 0.4) is 0 Å². The molecular weight excluding hydrogens is 364 g/mol. The van der Waals surface area contributed by atoms with Crippen molar-refractivity contribution >= 4 is 11.9 Å². The van der Waals surface area contributed by atoms with Gasteiger partial charge < -0.3 is 9.47 Å². The maximum absolute atomic E-state index is 12.8. The third-order valence-corrected chi connectivity index (χ3v) is 7.03. The molecule has 0 spiro atoms. The van der Waals surface area contributed by atoms with Crippen molar-refractivity contribution in [3.05, 3.63) is 71.3 Å². The molecule has 2 bridgehead atoms. The first-order chi connectivity index (χ1) is 14.0. The van der Waals surface area contributed by atoms with E-state index in [0.29, 0.717) is 17.4 Å². The molecule has 5 rings (SSSR count). The number of rotatable bonds is 4. The Morgan fingerprint density at radius 1 is 0.862 bits per heavy atom. The summed E-state index contributed by atoms with van der Waals surface area (Å²) in [7, 11) is 0. The summed E-state index contributed by atoms with van der Waals surface area (Å²) in [4.78, 5) is 25.2. The zero-order chi connectivity index (χ0) is 20.1. The largest absolute Gasteiger partial charge is 0.458 e. The highest BCUT2D eigenvalue weighted by Crippen LogP contribution is 2.62. The van der Waals surface area contributed by atoms with E-state index < -0.39 is 0 Å². The highest BCUT2D eigenvalue weighted by molar-refractivity contribution is 5.89. The summed E-state index contributed by atoms with van der Waals surface area (Å²) in [5.74, 6) is 0.547. The molecule has 2 saturated carbocycles. The zero-order valence-corrected chi connectivity index (χ0v) is 16.8. The van der Waals surface area contributed by atoms with E-state index in [2.05, 4.69) is 24.3 Å². The van der Waals surface area contributed by atoms with Crippen LogP contribution in [0.1, 0.15) is 47.7 Å². The van der Waals surface area contributed by atoms with E-state index in [1.165, 1.54) is 11.1 Å². The second-order valence-electron chi connectivity index (χ2n) is 8.95. The van der Waals surface area contributed by atoms with E-state index in [9.17, 15) is 9.59 Å². The Morgan fingerprint density at radius 2 is 1.55 bits per heavy atom. The van der Waals surface area contributed by atoms with Crippen LogP contribution in [0.5, 0.6) is 0 Å². The number of hydrogen-bond acceptors (Lipinski definition) is 4. The van der Waals surface area contributed by atoms with Gasteiger partial charge in [0.1, 0.15) is 12.2 Å². The van der Waals surface area contributed by atoms with Crippen LogP contribution in [-0.2, 0) is 20.7 Å². The van der Waals surface area contributed by atoms with Gasteiger partial charge in [-0.05, 0) is 47.9 Å². The predicted octanol–water partition coefficient (Wildman–Crippen LogP) is 4.39. The Balaban J connectivity index is 1.45. The maximum Gasteiger partial charge on any atom is 0.338 e. The van der Waals surface area contributed by atoms with E-state index in [1.807, 2.05) is 32.0 Å². The molecule has 2 aromatic carbocycles. The number of hydrogen-bond donors (Lipinski definition) is 0. The molecular formula is C25H26O4. The van der Waals surface area contributed by atoms with Gasteiger partial charge in [0.15, 0.2) is 0 Å². The summed E-state index contributed by atoms with van der Waals surface area (Å²) in [6.45, 7) is 3.68. The van der Waals surface area contributed by atoms with Crippen LogP contribution in [0.25, 0.3) is 0 Å². The van der Waals surface area contributed by atoms with Crippen molar-refractivity contribution in [1.82, 2.24) is 0 Å². The van der Waals surface area contributed by atoms with Gasteiger partial charge in [-0.2, -0.15) is 0 Å². The van der Waals surface area contributed by atoms with Gasteiger partial charge in [0.2, 0.25) is 0 Å². The van der Waals surface area contributed by atoms with Gasteiger partial charge >= 0.3 is 11.9 Å². The molecule has 4 nitrogen and oxygen atoms in total. The highest BCUT2D eigenvalue weighted by atomic mass is 16.6. The normalized spacial score (nSPS) is 31.4. The standard InChI is InChI=1S/C25H26O4/c1-14(2)24(26)28-23-20-13-19(18-12-16-10-6-7-11-17(16)21(18)20)22(23)29-25(27)15-8-4-3-5-9-15/h3-11,14,18-23H,12-13H2,1-2H3. The molecule has 0 radical (unpaired) electrons. The van der Waals surface area contributed by atoms with E-state index in [1.54, 1.807) is 12.1 Å². The second kappa shape index (κ2) is 7.01. The van der Waals surface area contributed by atoms with Crippen LogP contribution in [0.2, 0.25) is 0 Å². The predicted molar refractivity (Wildman–Crippen MR) is 108 cm³/mol. The van der Waals surface area contributed by atoms with Gasteiger partial charge in [-0.1, -0.05) is 56.3 Å². The van der Waals surface area contributed by atoms with Crippen LogP contribution in [0.4, 0.5) is 0 Å². The molecule has 0 aromatic heterocycles. The fourth-order valence-corrected chi connectivity index (χ4v) is 5.81. The third kappa shape index (κ3) is 2.97. The van der Waals surface area contributed by atoms with Crippen LogP contribution in [0.15, 0.2) is 54.6 Å². The van der Waals surface area contributed by atoms with Crippen LogP contribution in [0, 0.1) is 23.7 Å². The van der Waals surface area contributed by atoms with Crippen molar-refractivity contribution in [1.29, 1.82) is 0 Å². The SMILES string of the molecule is CC(C)C(=O)OC1C2CC(C3Cc4ccccc4C32)C1OC(=O)c1ccccc1. The fourth-order valence-electron chi connectivity index (χ4n) is 5.81. The molecule has 6 unspecified atom stereocenters. The third-order valence-electron chi connectivity index (χ3n) is 7.03. The lowest BCUT2D eigenvalue weighted by molar-refractivity contribution is -0.165. The Morgan fingerprint density at radius 3 is 2.31 bits per heavy atom. The van der Waals surface area contributed by atoms with Crippen LogP contribution >= 0.6 is 0 Å². The second-order valence-corrected chi connectivity index (χ2v) is 8.95. The highest BCUT2D eigenvalue weighted by Gasteiger charge is 2.63. The quantitative estimate of drug-likeness (QED) is 0.727. The minimum absolute atomic E-state index is 0.203. The summed E-state index contributed by atoms with van der Waals surface area (Å²) in [6, 6.07) is 17.7. The Hall–Kier alpha value is -2.62. The molecule has 0 heterocycles. The average Bonchev–Trinajstić information content (AvgIpc) is 3.38. The molecule has 0 saturated heterocycles. The zero-order valence-electron chi connectivity index (χ0n) is 16.8. The number of benzene rings is 2. The lowest BCUT2D eigenvalue weighted by atomic mass is 9.76. The first-order valence-electron chi connectivity index (χ1n) is 10.6. The lowest BCUT2D eigenvalue weighted by Gasteiger charge is -2.37. The first-order valence-corrected chi connectivity index (χ1v) is 10.6. The molecule has 2 aromatic rings. The van der Waals surface area contributed by atoms with E-state index >= 15 is 0 Å². The molecule has 0 amide bonds. The number of carbonyl (C=O) groups is 2. The molecule has 29 heavy (non-hydrogen) atoms. The monoisotopic (exact) mass is 390 g/mol. The number of esters is 2. The van der Waals surface area contributed by atoms with Gasteiger partial charge in [-0.15, -0.1) is 0 Å². The molecule has 150 valence electrons. The van der Waals surface area contributed by atoms with Crippen molar-refractivity contribution < 1.29 is 19.1 Å². The molecule has 3 aliphatic carbocycles. The number of fused-ring (bicyclic) bond motifs is 7. The number of ether oxygens (including phenoxy) is 2. The average molecular weight is 390 g/mol. The van der Waals surface area contributed by atoms with E-state index in [-0.39, 0.29) is 41.9 Å². The van der Waals surface area contributed by atoms with Crippen LogP contribution < -0.4 is 0 Å². The Kier molecular flexibility index (Phi) is 4.45. The number of carbonyl (C=O) groups excluding carboxylic acids is 2. The summed E-state index contributed by atoms with van der Waals surface area (Å²) in [5.41, 5.74) is 3.32. The van der Waals surface area contributed by atoms with Gasteiger partial charge in [0, 0.05) is 11.8 Å². The molecule has 0 N–H and O–H groups in total. The Bertz CT molecular complexity index is 935. The van der Waals surface area contributed by atoms with Crippen molar-refractivity contribution in [3.8, 4) is 0 Å². The fraction of sp³-hybridized carbons (Fsp3) is 0.440. The van der Waals surface area contributed by atoms with Crippen molar-refractivity contribution in [3.63, 3.8) is 0 Å². The first kappa shape index (κ1) is 18.4. The molecule has 2 fully saturated rings. The van der Waals surface area contributed by atoms with Gasteiger partial charge in [0.25, 0.3) is 0 Å². The molecule has 4 heteroatoms. The van der Waals surface area contributed by atoms with Crippen molar-refractivity contribution in [2.45, 2.75) is 44.8 Å². The summed E-state index contributed by atoms with van der Waals surface area (Å²) < 4.78 is 12.0. The summed E-state index contributed by atoms with van der Waals surface area (Å²) >= 11 is 0. The van der Waals surface area contributed by atoms with Crippen molar-refractivity contribution in [2.24, 2.45) is 23.7 Å². The molecule has 3 aliphatic rings. The lowest BCUT2D eigenvalue weighted by Crippen LogP contribution is -2.45. The molecule has 6 atom stereocenters. The summed E-state index contributed by atoms with van der Waals surface area (Å²) in [6.07, 6.45) is 1.24. The van der Waals surface area contributed by atoms with Gasteiger partial charge in [0.05, 0.1) is 11.5 Å². The minimum atomic E-state index is -0.369. The maximum atomic E-state index is 12.8.